The van der Waals surface area contributed by atoms with Crippen LogP contribution in [0.5, 0.6) is 11.5 Å². The van der Waals surface area contributed by atoms with E-state index in [-0.39, 0.29) is 6.54 Å². The number of benzene rings is 1. The third kappa shape index (κ3) is 5.82. The van der Waals surface area contributed by atoms with Crippen molar-refractivity contribution in [3.8, 4) is 11.5 Å². The van der Waals surface area contributed by atoms with Crippen molar-refractivity contribution in [2.24, 2.45) is 4.99 Å². The fourth-order valence-corrected chi connectivity index (χ4v) is 3.52. The van der Waals surface area contributed by atoms with E-state index >= 15 is 0 Å². The Morgan fingerprint density at radius 2 is 1.93 bits per heavy atom. The summed E-state index contributed by atoms with van der Waals surface area (Å²) in [6, 6.07) is 9.79. The average molecular weight is 417 g/mol. The average Bonchev–Trinajstić information content (AvgIpc) is 3.32. The summed E-state index contributed by atoms with van der Waals surface area (Å²) < 4.78 is 16.0. The third-order valence-corrected chi connectivity index (χ3v) is 5.18. The maximum absolute atomic E-state index is 10.2. The number of nitrogens with one attached hydrogen (secondary N) is 2. The van der Waals surface area contributed by atoms with Gasteiger partial charge in [0.15, 0.2) is 5.96 Å². The molecule has 1 atom stereocenters. The lowest BCUT2D eigenvalue weighted by molar-refractivity contribution is 0.158. The van der Waals surface area contributed by atoms with E-state index in [0.717, 1.165) is 49.7 Å². The number of aliphatic hydroxyl groups is 1. The van der Waals surface area contributed by atoms with E-state index in [2.05, 4.69) is 20.5 Å². The molecule has 0 saturated carbocycles. The molecule has 1 unspecified atom stereocenters. The van der Waals surface area contributed by atoms with Gasteiger partial charge in [-0.25, -0.2) is 0 Å². The summed E-state index contributed by atoms with van der Waals surface area (Å²) in [4.78, 5) is 6.86. The van der Waals surface area contributed by atoms with E-state index < -0.39 is 6.10 Å². The molecule has 8 heteroatoms. The van der Waals surface area contributed by atoms with Crippen molar-refractivity contribution in [3.63, 3.8) is 0 Å². The van der Waals surface area contributed by atoms with E-state index in [0.29, 0.717) is 17.8 Å². The summed E-state index contributed by atoms with van der Waals surface area (Å²) in [7, 11) is 3.33. The van der Waals surface area contributed by atoms with Crippen LogP contribution in [0.1, 0.15) is 31.6 Å². The van der Waals surface area contributed by atoms with Crippen LogP contribution in [0.4, 0.5) is 5.69 Å². The first-order valence-electron chi connectivity index (χ1n) is 10.4. The molecule has 0 spiro atoms. The van der Waals surface area contributed by atoms with Gasteiger partial charge in [-0.2, -0.15) is 0 Å². The molecule has 1 fully saturated rings. The van der Waals surface area contributed by atoms with Crippen molar-refractivity contribution in [1.29, 1.82) is 0 Å². The van der Waals surface area contributed by atoms with Gasteiger partial charge in [0.1, 0.15) is 23.4 Å². The van der Waals surface area contributed by atoms with Crippen LogP contribution >= 0.6 is 0 Å². The van der Waals surface area contributed by atoms with Crippen molar-refractivity contribution < 1.29 is 19.0 Å². The van der Waals surface area contributed by atoms with Gasteiger partial charge in [0.05, 0.1) is 27.0 Å². The lowest BCUT2D eigenvalue weighted by Gasteiger charge is -2.34. The zero-order valence-corrected chi connectivity index (χ0v) is 17.9. The Kier molecular flexibility index (Phi) is 7.84. The molecule has 3 rings (SSSR count). The fraction of sp³-hybridized carbons (Fsp3) is 0.500. The molecule has 30 heavy (non-hydrogen) atoms. The predicted octanol–water partition coefficient (Wildman–Crippen LogP) is 2.55. The van der Waals surface area contributed by atoms with Gasteiger partial charge in [-0.1, -0.05) is 0 Å². The highest BCUT2D eigenvalue weighted by Crippen LogP contribution is 2.30. The number of aliphatic imine (C=N–C) groups is 1. The van der Waals surface area contributed by atoms with Crippen molar-refractivity contribution in [2.75, 3.05) is 45.3 Å². The van der Waals surface area contributed by atoms with E-state index in [1.165, 1.54) is 0 Å². The monoisotopic (exact) mass is 416 g/mol. The Labute approximate surface area is 177 Å². The minimum atomic E-state index is -0.750. The molecule has 2 heterocycles. The van der Waals surface area contributed by atoms with Gasteiger partial charge in [0, 0.05) is 49.6 Å². The quantitative estimate of drug-likeness (QED) is 0.450. The fourth-order valence-electron chi connectivity index (χ4n) is 3.52. The maximum atomic E-state index is 10.2. The van der Waals surface area contributed by atoms with Crippen LogP contribution < -0.4 is 25.0 Å². The Hall–Kier alpha value is -2.87. The molecule has 8 nitrogen and oxygen atoms in total. The van der Waals surface area contributed by atoms with Crippen LogP contribution in [0.2, 0.25) is 0 Å². The highest BCUT2D eigenvalue weighted by atomic mass is 16.5. The number of hydrogen-bond donors (Lipinski definition) is 3. The molecule has 164 valence electrons. The van der Waals surface area contributed by atoms with Gasteiger partial charge in [0.2, 0.25) is 0 Å². The number of hydrogen-bond acceptors (Lipinski definition) is 6. The van der Waals surface area contributed by atoms with E-state index in [1.807, 2.05) is 25.1 Å². The number of piperidine rings is 1. The summed E-state index contributed by atoms with van der Waals surface area (Å²) in [5.41, 5.74) is 1.10. The van der Waals surface area contributed by atoms with Gasteiger partial charge in [-0.15, -0.1) is 0 Å². The second-order valence-corrected chi connectivity index (χ2v) is 7.23. The molecule has 1 aliphatic heterocycles. The molecule has 1 aromatic heterocycles. The van der Waals surface area contributed by atoms with E-state index in [4.69, 9.17) is 13.9 Å². The first-order valence-corrected chi connectivity index (χ1v) is 10.4. The lowest BCUT2D eigenvalue weighted by Crippen LogP contribution is -2.48. The molecule has 1 aromatic carbocycles. The summed E-state index contributed by atoms with van der Waals surface area (Å²) in [6.45, 7) is 4.86. The van der Waals surface area contributed by atoms with Gasteiger partial charge in [0.25, 0.3) is 0 Å². The van der Waals surface area contributed by atoms with E-state index in [9.17, 15) is 5.11 Å². The van der Waals surface area contributed by atoms with Crippen LogP contribution in [-0.4, -0.2) is 57.5 Å². The number of nitrogens with zero attached hydrogens (tertiary/aromatic N) is 2. The lowest BCUT2D eigenvalue weighted by atomic mass is 10.0. The second kappa shape index (κ2) is 10.8. The predicted molar refractivity (Wildman–Crippen MR) is 118 cm³/mol. The van der Waals surface area contributed by atoms with Crippen molar-refractivity contribution in [3.05, 3.63) is 42.4 Å². The zero-order chi connectivity index (χ0) is 21.3. The summed E-state index contributed by atoms with van der Waals surface area (Å²) >= 11 is 0. The summed E-state index contributed by atoms with van der Waals surface area (Å²) in [5, 5.41) is 16.9. The molecular weight excluding hydrogens is 384 g/mol. The first-order chi connectivity index (χ1) is 14.6. The zero-order valence-electron chi connectivity index (χ0n) is 17.9. The molecule has 0 amide bonds. The molecular formula is C22H32N4O4. The summed E-state index contributed by atoms with van der Waals surface area (Å²) in [6.07, 6.45) is 2.76. The Balaban J connectivity index is 1.56. The van der Waals surface area contributed by atoms with Gasteiger partial charge in [-0.3, -0.25) is 4.99 Å². The standard InChI is InChI=1S/C22H32N4O4/c1-4-23-22(24-15-20(27)21-6-5-11-30-21)25-16-7-9-26(10-8-16)17-12-18(28-2)14-19(13-17)29-3/h5-6,11-14,16,20,27H,4,7-10,15H2,1-3H3,(H2,23,24,25). The Bertz CT molecular complexity index is 779. The molecule has 0 radical (unpaired) electrons. The number of guanidine groups is 1. The molecule has 3 N–H and O–H groups in total. The van der Waals surface area contributed by atoms with Crippen molar-refractivity contribution in [2.45, 2.75) is 31.9 Å². The molecule has 1 saturated heterocycles. The van der Waals surface area contributed by atoms with Crippen LogP contribution in [0, 0.1) is 0 Å². The number of rotatable bonds is 8. The number of aliphatic hydroxyl groups excluding tert-OH is 1. The molecule has 0 aliphatic carbocycles. The normalized spacial score (nSPS) is 16.3. The topological polar surface area (TPSA) is 91.5 Å². The van der Waals surface area contributed by atoms with Crippen LogP contribution in [0.25, 0.3) is 0 Å². The molecule has 1 aliphatic rings. The smallest absolute Gasteiger partial charge is 0.191 e. The minimum absolute atomic E-state index is 0.241. The van der Waals surface area contributed by atoms with Crippen LogP contribution in [0.3, 0.4) is 0 Å². The van der Waals surface area contributed by atoms with Crippen LogP contribution in [0.15, 0.2) is 46.0 Å². The number of anilines is 1. The maximum Gasteiger partial charge on any atom is 0.191 e. The summed E-state index contributed by atoms with van der Waals surface area (Å²) in [5.74, 6) is 2.82. The largest absolute Gasteiger partial charge is 0.497 e. The minimum Gasteiger partial charge on any atom is -0.497 e. The number of methoxy groups -OCH3 is 2. The Morgan fingerprint density at radius 3 is 2.50 bits per heavy atom. The van der Waals surface area contributed by atoms with Crippen LogP contribution in [-0.2, 0) is 0 Å². The third-order valence-electron chi connectivity index (χ3n) is 5.18. The second-order valence-electron chi connectivity index (χ2n) is 7.23. The Morgan fingerprint density at radius 1 is 1.23 bits per heavy atom. The van der Waals surface area contributed by atoms with Crippen molar-refractivity contribution >= 4 is 11.6 Å². The van der Waals surface area contributed by atoms with E-state index in [1.54, 1.807) is 32.6 Å². The number of furan rings is 1. The van der Waals surface area contributed by atoms with Crippen molar-refractivity contribution in [1.82, 2.24) is 10.6 Å². The first kappa shape index (κ1) is 21.8. The highest BCUT2D eigenvalue weighted by molar-refractivity contribution is 5.80. The van der Waals surface area contributed by atoms with Gasteiger partial charge in [-0.05, 0) is 31.9 Å². The highest BCUT2D eigenvalue weighted by Gasteiger charge is 2.21. The molecule has 0 bridgehead atoms. The van der Waals surface area contributed by atoms with Gasteiger partial charge >= 0.3 is 0 Å². The van der Waals surface area contributed by atoms with Gasteiger partial charge < -0.3 is 34.5 Å². The SMILES string of the molecule is CCNC(=NCC(O)c1ccco1)NC1CCN(c2cc(OC)cc(OC)c2)CC1. The molecule has 2 aromatic rings. The number of ether oxygens (including phenoxy) is 2.